The molecule has 1 atom stereocenters. The Labute approximate surface area is 191 Å². The van der Waals surface area contributed by atoms with E-state index in [9.17, 15) is 17.6 Å². The number of anilines is 2. The van der Waals surface area contributed by atoms with E-state index >= 15 is 0 Å². The quantitative estimate of drug-likeness (QED) is 0.427. The molecule has 0 spiro atoms. The third-order valence-corrected chi connectivity index (χ3v) is 6.78. The van der Waals surface area contributed by atoms with Gasteiger partial charge in [0, 0.05) is 30.5 Å². The van der Waals surface area contributed by atoms with Crippen LogP contribution in [-0.4, -0.2) is 54.9 Å². The summed E-state index contributed by atoms with van der Waals surface area (Å²) in [4.78, 5) is 24.7. The highest BCUT2D eigenvalue weighted by molar-refractivity contribution is 7.90. The summed E-state index contributed by atoms with van der Waals surface area (Å²) >= 11 is 0. The number of carbonyl (C=O) groups excluding carboxylic acids is 1. The number of aromatic nitrogens is 3. The molecule has 0 aliphatic heterocycles. The second-order valence-corrected chi connectivity index (χ2v) is 10.5. The summed E-state index contributed by atoms with van der Waals surface area (Å²) in [6.45, 7) is 0.318. The number of amides is 1. The molecule has 3 aromatic rings. The lowest BCUT2D eigenvalue weighted by Crippen LogP contribution is -2.35. The zero-order valence-corrected chi connectivity index (χ0v) is 19.3. The number of benzene rings is 1. The van der Waals surface area contributed by atoms with Gasteiger partial charge in [-0.1, -0.05) is 0 Å². The minimum atomic E-state index is -3.05. The van der Waals surface area contributed by atoms with Crippen LogP contribution in [0.1, 0.15) is 24.1 Å². The lowest BCUT2D eigenvalue weighted by molar-refractivity contribution is -0.125. The van der Waals surface area contributed by atoms with E-state index in [-0.39, 0.29) is 17.6 Å². The van der Waals surface area contributed by atoms with Crippen molar-refractivity contribution < 1.29 is 22.3 Å². The summed E-state index contributed by atoms with van der Waals surface area (Å²) in [6.07, 6.45) is 4.83. The Kier molecular flexibility index (Phi) is 6.50. The lowest BCUT2D eigenvalue weighted by atomic mass is 9.86. The van der Waals surface area contributed by atoms with Crippen LogP contribution in [0.25, 0.3) is 11.0 Å². The van der Waals surface area contributed by atoms with Gasteiger partial charge in [0.2, 0.25) is 5.91 Å². The number of aromatic amines is 1. The highest BCUT2D eigenvalue weighted by atomic mass is 32.2. The summed E-state index contributed by atoms with van der Waals surface area (Å²) in [5.74, 6) is 0.260. The highest BCUT2D eigenvalue weighted by Crippen LogP contribution is 2.36. The molecule has 2 aromatic heterocycles. The average molecular weight is 476 g/mol. The molecular formula is C22H26FN5O4S. The average Bonchev–Trinajstić information content (AvgIpc) is 3.15. The first-order chi connectivity index (χ1) is 15.7. The number of carbonyl (C=O) groups is 1. The van der Waals surface area contributed by atoms with E-state index in [1.54, 1.807) is 0 Å². The maximum Gasteiger partial charge on any atom is 0.223 e. The molecule has 0 fully saturated rings. The Morgan fingerprint density at radius 3 is 2.91 bits per heavy atom. The fourth-order valence-electron chi connectivity index (χ4n) is 4.16. The van der Waals surface area contributed by atoms with Crippen LogP contribution in [0.15, 0.2) is 24.5 Å². The maximum atomic E-state index is 13.8. The number of H-pyrrole nitrogens is 1. The van der Waals surface area contributed by atoms with Gasteiger partial charge in [-0.25, -0.2) is 22.8 Å². The molecule has 0 saturated heterocycles. The zero-order chi connectivity index (χ0) is 23.6. The monoisotopic (exact) mass is 475 g/mol. The fraction of sp³-hybridized carbons (Fsp3) is 0.409. The van der Waals surface area contributed by atoms with Crippen molar-refractivity contribution in [2.45, 2.75) is 25.7 Å². The Balaban J connectivity index is 1.56. The Morgan fingerprint density at radius 1 is 1.33 bits per heavy atom. The van der Waals surface area contributed by atoms with Crippen molar-refractivity contribution in [2.75, 3.05) is 31.0 Å². The molecule has 9 nitrogen and oxygen atoms in total. The van der Waals surface area contributed by atoms with Crippen molar-refractivity contribution in [1.29, 1.82) is 0 Å². The molecule has 0 radical (unpaired) electrons. The molecule has 0 saturated carbocycles. The molecule has 3 N–H and O–H groups in total. The van der Waals surface area contributed by atoms with Crippen LogP contribution in [0, 0.1) is 11.7 Å². The molecule has 1 aliphatic rings. The minimum absolute atomic E-state index is 0.0421. The number of hydrogen-bond donors (Lipinski definition) is 3. The van der Waals surface area contributed by atoms with Crippen molar-refractivity contribution in [2.24, 2.45) is 5.92 Å². The topological polar surface area (TPSA) is 126 Å². The lowest BCUT2D eigenvalue weighted by Gasteiger charge is -2.22. The summed E-state index contributed by atoms with van der Waals surface area (Å²) in [5.41, 5.74) is 3.03. The van der Waals surface area contributed by atoms with Gasteiger partial charge in [-0.3, -0.25) is 4.79 Å². The molecule has 1 aromatic carbocycles. The number of sulfone groups is 1. The minimum Gasteiger partial charge on any atom is -0.495 e. The van der Waals surface area contributed by atoms with Gasteiger partial charge in [0.05, 0.1) is 23.9 Å². The fourth-order valence-corrected chi connectivity index (χ4v) is 4.82. The highest BCUT2D eigenvalue weighted by Gasteiger charge is 2.29. The molecule has 2 heterocycles. The number of nitrogens with zero attached hydrogens (tertiary/aromatic N) is 2. The van der Waals surface area contributed by atoms with Gasteiger partial charge in [-0.05, 0) is 43.4 Å². The van der Waals surface area contributed by atoms with Crippen LogP contribution in [0.5, 0.6) is 5.75 Å². The second-order valence-electron chi connectivity index (χ2n) is 8.21. The van der Waals surface area contributed by atoms with Gasteiger partial charge < -0.3 is 20.4 Å². The van der Waals surface area contributed by atoms with Crippen molar-refractivity contribution in [1.82, 2.24) is 20.3 Å². The van der Waals surface area contributed by atoms with Crippen LogP contribution >= 0.6 is 0 Å². The first-order valence-corrected chi connectivity index (χ1v) is 12.7. The van der Waals surface area contributed by atoms with Crippen molar-refractivity contribution >= 4 is 38.3 Å². The van der Waals surface area contributed by atoms with Crippen molar-refractivity contribution in [3.05, 3.63) is 41.6 Å². The Bertz CT molecular complexity index is 1290. The number of rotatable bonds is 8. The van der Waals surface area contributed by atoms with Crippen LogP contribution in [0.2, 0.25) is 0 Å². The molecule has 4 rings (SSSR count). The van der Waals surface area contributed by atoms with E-state index in [0.29, 0.717) is 55.1 Å². The van der Waals surface area contributed by atoms with E-state index in [2.05, 4.69) is 25.6 Å². The number of fused-ring (bicyclic) bond motifs is 3. The molecule has 33 heavy (non-hydrogen) atoms. The number of hydrogen-bond acceptors (Lipinski definition) is 7. The SMILES string of the molecule is COc1ccc(F)cc1Nc1ncnc2[nH]c3c(c12)CC(C(=O)NCCCS(C)(=O)=O)CC3. The second kappa shape index (κ2) is 9.34. The van der Waals surface area contributed by atoms with Crippen LogP contribution in [0.4, 0.5) is 15.9 Å². The Morgan fingerprint density at radius 2 is 2.15 bits per heavy atom. The molecule has 1 aliphatic carbocycles. The van der Waals surface area contributed by atoms with Gasteiger partial charge in [0.15, 0.2) is 0 Å². The smallest absolute Gasteiger partial charge is 0.223 e. The third kappa shape index (κ3) is 5.24. The number of ether oxygens (including phenoxy) is 1. The van der Waals surface area contributed by atoms with Crippen molar-refractivity contribution in [3.63, 3.8) is 0 Å². The number of methoxy groups -OCH3 is 1. The third-order valence-electron chi connectivity index (χ3n) is 5.75. The first-order valence-electron chi connectivity index (χ1n) is 10.7. The van der Waals surface area contributed by atoms with Gasteiger partial charge in [-0.15, -0.1) is 0 Å². The summed E-state index contributed by atoms with van der Waals surface area (Å²) < 4.78 is 41.7. The van der Waals surface area contributed by atoms with Gasteiger partial charge >= 0.3 is 0 Å². The first kappa shape index (κ1) is 23.0. The van der Waals surface area contributed by atoms with E-state index in [1.807, 2.05) is 0 Å². The number of aryl methyl sites for hydroxylation is 1. The number of halogens is 1. The molecule has 1 unspecified atom stereocenters. The maximum absolute atomic E-state index is 13.8. The largest absolute Gasteiger partial charge is 0.495 e. The summed E-state index contributed by atoms with van der Waals surface area (Å²) in [6, 6.07) is 4.18. The van der Waals surface area contributed by atoms with Crippen LogP contribution in [0.3, 0.4) is 0 Å². The molecule has 176 valence electrons. The van der Waals surface area contributed by atoms with Gasteiger partial charge in [-0.2, -0.15) is 0 Å². The standard InChI is InChI=1S/C22H26FN5O4S/c1-32-18-7-5-14(23)11-17(18)28-21-19-15-10-13(22(29)24-8-3-9-33(2,30)31)4-6-16(15)27-20(19)25-12-26-21/h5,7,11-13H,3-4,6,8-10H2,1-2H3,(H,24,29)(H2,25,26,27,28). The molecule has 0 bridgehead atoms. The van der Waals surface area contributed by atoms with Crippen LogP contribution in [-0.2, 0) is 27.5 Å². The molecular weight excluding hydrogens is 449 g/mol. The van der Waals surface area contributed by atoms with Gasteiger partial charge in [0.25, 0.3) is 0 Å². The molecule has 11 heteroatoms. The summed E-state index contributed by atoms with van der Waals surface area (Å²) in [5, 5.41) is 6.76. The summed E-state index contributed by atoms with van der Waals surface area (Å²) in [7, 11) is -1.55. The van der Waals surface area contributed by atoms with E-state index in [1.165, 1.54) is 37.9 Å². The zero-order valence-electron chi connectivity index (χ0n) is 18.4. The van der Waals surface area contributed by atoms with E-state index < -0.39 is 15.7 Å². The molecule has 1 amide bonds. The van der Waals surface area contributed by atoms with Gasteiger partial charge in [0.1, 0.15) is 39.2 Å². The van der Waals surface area contributed by atoms with Crippen molar-refractivity contribution in [3.8, 4) is 5.75 Å². The normalized spacial score (nSPS) is 15.8. The van der Waals surface area contributed by atoms with E-state index in [4.69, 9.17) is 4.74 Å². The predicted octanol–water partition coefficient (Wildman–Crippen LogP) is 2.50. The number of nitrogens with one attached hydrogen (secondary N) is 3. The van der Waals surface area contributed by atoms with E-state index in [0.717, 1.165) is 16.6 Å². The predicted molar refractivity (Wildman–Crippen MR) is 123 cm³/mol. The van der Waals surface area contributed by atoms with Crippen LogP contribution < -0.4 is 15.4 Å². The Hall–Kier alpha value is -3.21.